The first-order valence-corrected chi connectivity index (χ1v) is 2.73. The molecule has 0 N–H and O–H groups in total. The first-order valence-electron chi connectivity index (χ1n) is 2.73. The molecule has 54 valence electrons. The summed E-state index contributed by atoms with van der Waals surface area (Å²) in [6.07, 6.45) is -0.807. The molecule has 0 radical (unpaired) electrons. The summed E-state index contributed by atoms with van der Waals surface area (Å²) in [5.41, 5.74) is 0. The standard InChI is InChI=1S/C6H6O4/c1-3-5(7)10-4(2)6(8)9-3/h4H,1H2,2H3/t4-/m1/s1. The van der Waals surface area contributed by atoms with Crippen LogP contribution in [0.25, 0.3) is 0 Å². The van der Waals surface area contributed by atoms with Crippen LogP contribution in [0.3, 0.4) is 0 Å². The molecule has 4 heteroatoms. The molecule has 1 saturated heterocycles. The van der Waals surface area contributed by atoms with E-state index >= 15 is 0 Å². The molecule has 0 aliphatic carbocycles. The zero-order valence-electron chi connectivity index (χ0n) is 5.42. The van der Waals surface area contributed by atoms with Crippen LogP contribution in [0, 0.1) is 0 Å². The van der Waals surface area contributed by atoms with E-state index in [9.17, 15) is 9.59 Å². The largest absolute Gasteiger partial charge is 0.445 e. The van der Waals surface area contributed by atoms with E-state index in [1.807, 2.05) is 0 Å². The number of esters is 2. The number of ether oxygens (including phenoxy) is 2. The summed E-state index contributed by atoms with van der Waals surface area (Å²) in [6, 6.07) is 0. The Labute approximate surface area is 57.4 Å². The maximum Gasteiger partial charge on any atom is 0.374 e. The van der Waals surface area contributed by atoms with Crippen molar-refractivity contribution in [3.05, 3.63) is 12.3 Å². The Morgan fingerprint density at radius 1 is 1.50 bits per heavy atom. The maximum atomic E-state index is 10.6. The van der Waals surface area contributed by atoms with Crippen molar-refractivity contribution in [1.82, 2.24) is 0 Å². The number of hydrogen-bond donors (Lipinski definition) is 0. The van der Waals surface area contributed by atoms with Gasteiger partial charge in [-0.2, -0.15) is 0 Å². The molecule has 1 heterocycles. The molecule has 0 amide bonds. The summed E-state index contributed by atoms with van der Waals surface area (Å²) in [7, 11) is 0. The van der Waals surface area contributed by atoms with E-state index in [0.29, 0.717) is 0 Å². The lowest BCUT2D eigenvalue weighted by Gasteiger charge is -2.18. The zero-order chi connectivity index (χ0) is 7.72. The second-order valence-electron chi connectivity index (χ2n) is 1.89. The van der Waals surface area contributed by atoms with Crippen molar-refractivity contribution >= 4 is 11.9 Å². The fourth-order valence-corrected chi connectivity index (χ4v) is 0.520. The Morgan fingerprint density at radius 2 is 2.10 bits per heavy atom. The van der Waals surface area contributed by atoms with Crippen LogP contribution in [-0.2, 0) is 19.1 Å². The highest BCUT2D eigenvalue weighted by atomic mass is 16.6. The number of rotatable bonds is 0. The molecule has 1 fully saturated rings. The predicted molar refractivity (Wildman–Crippen MR) is 30.8 cm³/mol. The second kappa shape index (κ2) is 2.13. The van der Waals surface area contributed by atoms with E-state index in [-0.39, 0.29) is 5.76 Å². The highest BCUT2D eigenvalue weighted by Gasteiger charge is 2.29. The number of hydrogen-bond acceptors (Lipinski definition) is 4. The predicted octanol–water partition coefficient (Wildman–Crippen LogP) is -0.0114. The Balaban J connectivity index is 2.72. The van der Waals surface area contributed by atoms with Crippen LogP contribution < -0.4 is 0 Å². The van der Waals surface area contributed by atoms with Gasteiger partial charge in [0.2, 0.25) is 5.76 Å². The van der Waals surface area contributed by atoms with E-state index in [4.69, 9.17) is 0 Å². The van der Waals surface area contributed by atoms with Crippen molar-refractivity contribution in [1.29, 1.82) is 0 Å². The molecule has 1 aliphatic rings. The minimum atomic E-state index is -0.807. The van der Waals surface area contributed by atoms with Gasteiger partial charge in [0, 0.05) is 0 Å². The number of cyclic esters (lactones) is 2. The number of carbonyl (C=O) groups is 2. The van der Waals surface area contributed by atoms with Gasteiger partial charge >= 0.3 is 11.9 Å². The number of carbonyl (C=O) groups excluding carboxylic acids is 2. The van der Waals surface area contributed by atoms with Crippen LogP contribution in [-0.4, -0.2) is 18.0 Å². The van der Waals surface area contributed by atoms with Crippen molar-refractivity contribution < 1.29 is 19.1 Å². The summed E-state index contributed by atoms with van der Waals surface area (Å²) in [5.74, 6) is -1.50. The molecule has 0 bridgehead atoms. The summed E-state index contributed by atoms with van der Waals surface area (Å²) < 4.78 is 8.90. The van der Waals surface area contributed by atoms with Crippen LogP contribution in [0.2, 0.25) is 0 Å². The molecule has 1 atom stereocenters. The van der Waals surface area contributed by atoms with Crippen molar-refractivity contribution in [2.45, 2.75) is 13.0 Å². The summed E-state index contributed by atoms with van der Waals surface area (Å²) >= 11 is 0. The minimum absolute atomic E-state index is 0.247. The summed E-state index contributed by atoms with van der Waals surface area (Å²) in [4.78, 5) is 21.1. The molecule has 0 saturated carbocycles. The van der Waals surface area contributed by atoms with E-state index in [1.54, 1.807) is 0 Å². The minimum Gasteiger partial charge on any atom is -0.445 e. The topological polar surface area (TPSA) is 52.6 Å². The van der Waals surface area contributed by atoms with Crippen molar-refractivity contribution in [2.24, 2.45) is 0 Å². The normalized spacial score (nSPS) is 25.7. The first kappa shape index (κ1) is 6.80. The van der Waals surface area contributed by atoms with Gasteiger partial charge in [-0.25, -0.2) is 9.59 Å². The Bertz CT molecular complexity index is 206. The average molecular weight is 142 g/mol. The average Bonchev–Trinajstić information content (AvgIpc) is 1.84. The van der Waals surface area contributed by atoms with Crippen LogP contribution in [0.4, 0.5) is 0 Å². The van der Waals surface area contributed by atoms with Gasteiger partial charge in [-0.3, -0.25) is 0 Å². The molecular weight excluding hydrogens is 136 g/mol. The molecule has 10 heavy (non-hydrogen) atoms. The van der Waals surface area contributed by atoms with Gasteiger partial charge in [-0.15, -0.1) is 0 Å². The molecular formula is C6H6O4. The zero-order valence-corrected chi connectivity index (χ0v) is 5.42. The van der Waals surface area contributed by atoms with E-state index < -0.39 is 18.0 Å². The highest BCUT2D eigenvalue weighted by molar-refractivity contribution is 5.94. The van der Waals surface area contributed by atoms with Gasteiger partial charge in [0.1, 0.15) is 0 Å². The second-order valence-corrected chi connectivity index (χ2v) is 1.89. The van der Waals surface area contributed by atoms with Gasteiger partial charge in [0.25, 0.3) is 0 Å². The molecule has 0 aromatic carbocycles. The monoisotopic (exact) mass is 142 g/mol. The van der Waals surface area contributed by atoms with Crippen molar-refractivity contribution in [3.63, 3.8) is 0 Å². The SMILES string of the molecule is C=C1OC(=O)[C@@H](C)OC1=O. The molecule has 4 nitrogen and oxygen atoms in total. The van der Waals surface area contributed by atoms with Crippen LogP contribution >= 0.6 is 0 Å². The van der Waals surface area contributed by atoms with Gasteiger partial charge in [-0.1, -0.05) is 0 Å². The van der Waals surface area contributed by atoms with Crippen LogP contribution in [0.5, 0.6) is 0 Å². The van der Waals surface area contributed by atoms with Gasteiger partial charge < -0.3 is 9.47 Å². The third-order valence-corrected chi connectivity index (χ3v) is 1.07. The highest BCUT2D eigenvalue weighted by Crippen LogP contribution is 2.10. The van der Waals surface area contributed by atoms with E-state index in [0.717, 1.165) is 0 Å². The summed E-state index contributed by atoms with van der Waals surface area (Å²) in [6.45, 7) is 4.60. The first-order chi connectivity index (χ1) is 4.61. The van der Waals surface area contributed by atoms with Crippen LogP contribution in [0.1, 0.15) is 6.92 Å². The lowest BCUT2D eigenvalue weighted by Crippen LogP contribution is -2.33. The molecule has 1 aliphatic heterocycles. The van der Waals surface area contributed by atoms with E-state index in [1.165, 1.54) is 6.92 Å². The van der Waals surface area contributed by atoms with E-state index in [2.05, 4.69) is 16.1 Å². The Hall–Kier alpha value is -1.32. The smallest absolute Gasteiger partial charge is 0.374 e. The Morgan fingerprint density at radius 3 is 2.60 bits per heavy atom. The fraction of sp³-hybridized carbons (Fsp3) is 0.333. The van der Waals surface area contributed by atoms with Gasteiger partial charge in [0.05, 0.1) is 0 Å². The quantitative estimate of drug-likeness (QED) is 0.352. The van der Waals surface area contributed by atoms with Crippen molar-refractivity contribution in [3.8, 4) is 0 Å². The van der Waals surface area contributed by atoms with Gasteiger partial charge in [-0.05, 0) is 13.5 Å². The molecule has 0 spiro atoms. The van der Waals surface area contributed by atoms with Crippen LogP contribution in [0.15, 0.2) is 12.3 Å². The Kier molecular flexibility index (Phi) is 1.45. The third-order valence-electron chi connectivity index (χ3n) is 1.07. The third kappa shape index (κ3) is 1.00. The van der Waals surface area contributed by atoms with Gasteiger partial charge in [0.15, 0.2) is 6.10 Å². The fourth-order valence-electron chi connectivity index (χ4n) is 0.520. The van der Waals surface area contributed by atoms with Crippen molar-refractivity contribution in [2.75, 3.05) is 0 Å². The summed E-state index contributed by atoms with van der Waals surface area (Å²) in [5, 5.41) is 0. The molecule has 0 aromatic rings. The molecule has 1 rings (SSSR count). The molecule has 0 unspecified atom stereocenters. The maximum absolute atomic E-state index is 10.6. The lowest BCUT2D eigenvalue weighted by atomic mass is 10.4. The lowest BCUT2D eigenvalue weighted by molar-refractivity contribution is -0.174. The molecule has 0 aromatic heterocycles.